The Hall–Kier alpha value is -1.62. The minimum atomic E-state index is 1.01. The Morgan fingerprint density at radius 3 is 2.67 bits per heavy atom. The Bertz CT molecular complexity index is 739. The highest BCUT2D eigenvalue weighted by molar-refractivity contribution is 9.10. The van der Waals surface area contributed by atoms with E-state index in [-0.39, 0.29) is 0 Å². The SMILES string of the molecule is Cc1nn(C)c(C)c1-c1ccc2c(Br)cnn2c1. The molecule has 3 aromatic heterocycles. The fourth-order valence-corrected chi connectivity index (χ4v) is 2.70. The second kappa shape index (κ2) is 3.95. The summed E-state index contributed by atoms with van der Waals surface area (Å²) in [6, 6.07) is 4.18. The number of halogens is 1. The highest BCUT2D eigenvalue weighted by Gasteiger charge is 2.12. The molecular formula is C13H13BrN4. The first-order valence-corrected chi connectivity index (χ1v) is 6.50. The second-order valence-corrected chi connectivity index (χ2v) is 5.26. The summed E-state index contributed by atoms with van der Waals surface area (Å²) < 4.78 is 4.80. The summed E-state index contributed by atoms with van der Waals surface area (Å²) in [5.41, 5.74) is 5.60. The van der Waals surface area contributed by atoms with Crippen molar-refractivity contribution in [3.63, 3.8) is 0 Å². The van der Waals surface area contributed by atoms with Gasteiger partial charge in [-0.25, -0.2) is 4.52 Å². The lowest BCUT2D eigenvalue weighted by molar-refractivity contribution is 0.731. The van der Waals surface area contributed by atoms with Crippen LogP contribution in [0.2, 0.25) is 0 Å². The minimum Gasteiger partial charge on any atom is -0.272 e. The summed E-state index contributed by atoms with van der Waals surface area (Å²) in [5, 5.41) is 8.76. The van der Waals surface area contributed by atoms with Crippen molar-refractivity contribution in [1.82, 2.24) is 19.4 Å². The molecule has 0 fully saturated rings. The van der Waals surface area contributed by atoms with Gasteiger partial charge in [0.1, 0.15) is 0 Å². The fraction of sp³-hybridized carbons (Fsp3) is 0.231. The van der Waals surface area contributed by atoms with Crippen LogP contribution in [0.1, 0.15) is 11.4 Å². The Labute approximate surface area is 113 Å². The number of aromatic nitrogens is 4. The molecule has 0 aliphatic carbocycles. The molecule has 0 spiro atoms. The maximum absolute atomic E-state index is 4.45. The van der Waals surface area contributed by atoms with Crippen LogP contribution < -0.4 is 0 Å². The maximum Gasteiger partial charge on any atom is 0.0804 e. The topological polar surface area (TPSA) is 35.1 Å². The molecule has 3 heterocycles. The number of hydrogen-bond acceptors (Lipinski definition) is 2. The lowest BCUT2D eigenvalue weighted by Crippen LogP contribution is -1.93. The number of hydrogen-bond donors (Lipinski definition) is 0. The Kier molecular flexibility index (Phi) is 2.52. The van der Waals surface area contributed by atoms with Crippen LogP contribution in [-0.4, -0.2) is 19.4 Å². The van der Waals surface area contributed by atoms with E-state index in [1.165, 1.54) is 5.56 Å². The molecule has 5 heteroatoms. The van der Waals surface area contributed by atoms with Gasteiger partial charge in [-0.15, -0.1) is 0 Å². The van der Waals surface area contributed by atoms with Crippen LogP contribution in [0.3, 0.4) is 0 Å². The van der Waals surface area contributed by atoms with Gasteiger partial charge in [-0.05, 0) is 35.8 Å². The van der Waals surface area contributed by atoms with Gasteiger partial charge in [-0.1, -0.05) is 6.07 Å². The van der Waals surface area contributed by atoms with Gasteiger partial charge in [0.2, 0.25) is 0 Å². The van der Waals surface area contributed by atoms with E-state index in [9.17, 15) is 0 Å². The van der Waals surface area contributed by atoms with E-state index in [0.717, 1.165) is 26.9 Å². The second-order valence-electron chi connectivity index (χ2n) is 4.41. The molecule has 0 unspecified atom stereocenters. The van der Waals surface area contributed by atoms with E-state index in [0.29, 0.717) is 0 Å². The van der Waals surface area contributed by atoms with Crippen molar-refractivity contribution in [2.75, 3.05) is 0 Å². The third-order valence-corrected chi connectivity index (χ3v) is 3.88. The number of nitrogens with zero attached hydrogens (tertiary/aromatic N) is 4. The van der Waals surface area contributed by atoms with Crippen molar-refractivity contribution in [3.05, 3.63) is 40.4 Å². The van der Waals surface area contributed by atoms with Crippen LogP contribution in [0, 0.1) is 13.8 Å². The summed E-state index contributed by atoms with van der Waals surface area (Å²) >= 11 is 3.48. The molecule has 0 N–H and O–H groups in total. The smallest absolute Gasteiger partial charge is 0.0804 e. The molecule has 4 nitrogen and oxygen atoms in total. The summed E-state index contributed by atoms with van der Waals surface area (Å²) in [7, 11) is 1.97. The first kappa shape index (κ1) is 11.5. The molecule has 0 saturated heterocycles. The van der Waals surface area contributed by atoms with E-state index in [2.05, 4.69) is 45.2 Å². The fourth-order valence-electron chi connectivity index (χ4n) is 2.29. The average Bonchev–Trinajstić information content (AvgIpc) is 2.81. The summed E-state index contributed by atoms with van der Waals surface area (Å²) in [6.07, 6.45) is 3.85. The number of aryl methyl sites for hydroxylation is 2. The lowest BCUT2D eigenvalue weighted by Gasteiger charge is -2.03. The normalized spacial score (nSPS) is 11.3. The van der Waals surface area contributed by atoms with Gasteiger partial charge in [-0.2, -0.15) is 10.2 Å². The van der Waals surface area contributed by atoms with Crippen molar-refractivity contribution < 1.29 is 0 Å². The van der Waals surface area contributed by atoms with E-state index in [1.54, 1.807) is 0 Å². The van der Waals surface area contributed by atoms with Crippen LogP contribution >= 0.6 is 15.9 Å². The summed E-state index contributed by atoms with van der Waals surface area (Å²) in [6.45, 7) is 4.12. The van der Waals surface area contributed by atoms with E-state index in [4.69, 9.17) is 0 Å². The van der Waals surface area contributed by atoms with Crippen molar-refractivity contribution in [2.24, 2.45) is 7.05 Å². The average molecular weight is 305 g/mol. The molecule has 0 atom stereocenters. The zero-order valence-electron chi connectivity index (χ0n) is 10.5. The predicted octanol–water partition coefficient (Wildman–Crippen LogP) is 3.11. The Balaban J connectivity index is 2.25. The van der Waals surface area contributed by atoms with Gasteiger partial charge in [0.15, 0.2) is 0 Å². The van der Waals surface area contributed by atoms with Crippen LogP contribution in [0.4, 0.5) is 0 Å². The molecule has 92 valence electrons. The van der Waals surface area contributed by atoms with Gasteiger partial charge >= 0.3 is 0 Å². The van der Waals surface area contributed by atoms with Crippen molar-refractivity contribution in [1.29, 1.82) is 0 Å². The molecule has 3 aromatic rings. The van der Waals surface area contributed by atoms with Crippen LogP contribution in [-0.2, 0) is 7.05 Å². The Morgan fingerprint density at radius 2 is 2.00 bits per heavy atom. The largest absolute Gasteiger partial charge is 0.272 e. The quantitative estimate of drug-likeness (QED) is 0.692. The zero-order chi connectivity index (χ0) is 12.9. The molecule has 0 radical (unpaired) electrons. The molecule has 0 aliphatic rings. The molecule has 18 heavy (non-hydrogen) atoms. The lowest BCUT2D eigenvalue weighted by atomic mass is 10.1. The molecule has 0 aromatic carbocycles. The van der Waals surface area contributed by atoms with Gasteiger partial charge in [0.25, 0.3) is 0 Å². The van der Waals surface area contributed by atoms with Crippen molar-refractivity contribution in [2.45, 2.75) is 13.8 Å². The van der Waals surface area contributed by atoms with Crippen molar-refractivity contribution >= 4 is 21.4 Å². The summed E-state index contributed by atoms with van der Waals surface area (Å²) in [5.74, 6) is 0. The predicted molar refractivity (Wildman–Crippen MR) is 74.6 cm³/mol. The van der Waals surface area contributed by atoms with E-state index < -0.39 is 0 Å². The third-order valence-electron chi connectivity index (χ3n) is 3.27. The standard InChI is InChI=1S/C13H13BrN4/c1-8-13(9(2)17(3)16-8)10-4-5-12-11(14)6-15-18(12)7-10/h4-7H,1-3H3. The molecule has 0 saturated carbocycles. The van der Waals surface area contributed by atoms with E-state index >= 15 is 0 Å². The first-order chi connectivity index (χ1) is 8.58. The Morgan fingerprint density at radius 1 is 1.22 bits per heavy atom. The van der Waals surface area contributed by atoms with Crippen molar-refractivity contribution in [3.8, 4) is 11.1 Å². The molecule has 0 aliphatic heterocycles. The van der Waals surface area contributed by atoms with Crippen LogP contribution in [0.15, 0.2) is 29.0 Å². The number of fused-ring (bicyclic) bond motifs is 1. The number of rotatable bonds is 1. The third kappa shape index (κ3) is 1.58. The van der Waals surface area contributed by atoms with Crippen LogP contribution in [0.25, 0.3) is 16.6 Å². The van der Waals surface area contributed by atoms with Gasteiger partial charge in [0, 0.05) is 30.1 Å². The highest BCUT2D eigenvalue weighted by atomic mass is 79.9. The van der Waals surface area contributed by atoms with Crippen LogP contribution in [0.5, 0.6) is 0 Å². The molecular weight excluding hydrogens is 292 g/mol. The highest BCUT2D eigenvalue weighted by Crippen LogP contribution is 2.28. The van der Waals surface area contributed by atoms with Gasteiger partial charge < -0.3 is 0 Å². The molecule has 0 amide bonds. The van der Waals surface area contributed by atoms with E-state index in [1.807, 2.05) is 35.6 Å². The zero-order valence-corrected chi connectivity index (χ0v) is 12.1. The van der Waals surface area contributed by atoms with Gasteiger partial charge in [-0.3, -0.25) is 4.68 Å². The molecule has 0 bridgehead atoms. The molecule has 3 rings (SSSR count). The maximum atomic E-state index is 4.45. The first-order valence-electron chi connectivity index (χ1n) is 5.71. The monoisotopic (exact) mass is 304 g/mol. The minimum absolute atomic E-state index is 1.01. The van der Waals surface area contributed by atoms with Gasteiger partial charge in [0.05, 0.1) is 21.9 Å². The number of pyridine rings is 1. The summed E-state index contributed by atoms with van der Waals surface area (Å²) in [4.78, 5) is 0.